The van der Waals surface area contributed by atoms with Gasteiger partial charge in [-0.15, -0.1) is 0 Å². The Morgan fingerprint density at radius 1 is 1.12 bits per heavy atom. The lowest BCUT2D eigenvalue weighted by Crippen LogP contribution is -2.43. The lowest BCUT2D eigenvalue weighted by atomic mass is 9.77. The number of hydrogen-bond acceptors (Lipinski definition) is 6. The normalized spacial score (nSPS) is 12.5. The van der Waals surface area contributed by atoms with Gasteiger partial charge in [0.15, 0.2) is 0 Å². The van der Waals surface area contributed by atoms with Crippen molar-refractivity contribution in [3.8, 4) is 0 Å². The second kappa shape index (κ2) is 12.6. The number of nitrogens with one attached hydrogen (secondary N) is 1. The maximum absolute atomic E-state index is 11.8. The van der Waals surface area contributed by atoms with Gasteiger partial charge in [-0.3, -0.25) is 18.9 Å². The SMILES string of the molecule is C.C.C.C.COC(=O)C(C)(C)CC(C(=O)NS(=O)(=O)O)C(C)C(=O)O. The van der Waals surface area contributed by atoms with Gasteiger partial charge in [-0.2, -0.15) is 8.42 Å². The highest BCUT2D eigenvalue weighted by Crippen LogP contribution is 2.31. The summed E-state index contributed by atoms with van der Waals surface area (Å²) in [5, 5.41) is 8.98. The van der Waals surface area contributed by atoms with E-state index in [4.69, 9.17) is 9.66 Å². The molecule has 25 heavy (non-hydrogen) atoms. The first kappa shape index (κ1) is 34.6. The fraction of sp³-hybridized carbons (Fsp3) is 0.800. The van der Waals surface area contributed by atoms with Crippen molar-refractivity contribution < 1.29 is 37.2 Å². The summed E-state index contributed by atoms with van der Waals surface area (Å²) in [6, 6.07) is 0. The molecule has 0 aliphatic heterocycles. The minimum atomic E-state index is -4.82. The molecule has 0 aliphatic rings. The fourth-order valence-electron chi connectivity index (χ4n) is 1.78. The van der Waals surface area contributed by atoms with Crippen LogP contribution in [0.25, 0.3) is 0 Å². The van der Waals surface area contributed by atoms with Crippen LogP contribution in [0.4, 0.5) is 0 Å². The Kier molecular flexibility index (Phi) is 17.5. The highest BCUT2D eigenvalue weighted by molar-refractivity contribution is 7.84. The Labute approximate surface area is 152 Å². The molecule has 0 spiro atoms. The van der Waals surface area contributed by atoms with Gasteiger partial charge in [0, 0.05) is 0 Å². The van der Waals surface area contributed by atoms with Crippen LogP contribution in [0.1, 0.15) is 56.9 Å². The molecule has 0 aliphatic carbocycles. The molecule has 2 unspecified atom stereocenters. The van der Waals surface area contributed by atoms with E-state index in [-0.39, 0.29) is 36.1 Å². The number of carbonyl (C=O) groups is 3. The van der Waals surface area contributed by atoms with Crippen molar-refractivity contribution in [1.82, 2.24) is 4.72 Å². The molecule has 0 fully saturated rings. The van der Waals surface area contributed by atoms with E-state index in [9.17, 15) is 22.8 Å². The summed E-state index contributed by atoms with van der Waals surface area (Å²) in [6.45, 7) is 4.06. The van der Waals surface area contributed by atoms with Crippen LogP contribution in [0.3, 0.4) is 0 Å². The van der Waals surface area contributed by atoms with Gasteiger partial charge in [-0.1, -0.05) is 36.6 Å². The molecule has 3 N–H and O–H groups in total. The highest BCUT2D eigenvalue weighted by Gasteiger charge is 2.40. The molecule has 0 aromatic carbocycles. The second-order valence-corrected chi connectivity index (χ2v) is 6.41. The monoisotopic (exact) mass is 389 g/mol. The predicted octanol–water partition coefficient (Wildman–Crippen LogP) is 2.38. The van der Waals surface area contributed by atoms with E-state index >= 15 is 0 Å². The summed E-state index contributed by atoms with van der Waals surface area (Å²) >= 11 is 0. The van der Waals surface area contributed by atoms with Crippen LogP contribution < -0.4 is 4.72 Å². The zero-order chi connectivity index (χ0) is 17.0. The number of hydrogen-bond donors (Lipinski definition) is 3. The largest absolute Gasteiger partial charge is 0.481 e. The third-order valence-electron chi connectivity index (χ3n) is 3.03. The van der Waals surface area contributed by atoms with Gasteiger partial charge >= 0.3 is 22.2 Å². The number of ether oxygens (including phenoxy) is 1. The molecule has 0 heterocycles. The first-order chi connectivity index (χ1) is 9.31. The number of esters is 1. The van der Waals surface area contributed by atoms with E-state index in [0.29, 0.717) is 0 Å². The number of amides is 1. The molecule has 1 amide bonds. The molecular formula is C15H35NO8S. The molecule has 0 saturated carbocycles. The first-order valence-electron chi connectivity index (χ1n) is 5.92. The van der Waals surface area contributed by atoms with Crippen LogP contribution in [0.5, 0.6) is 0 Å². The van der Waals surface area contributed by atoms with Gasteiger partial charge in [0.2, 0.25) is 5.91 Å². The lowest BCUT2D eigenvalue weighted by Gasteiger charge is -2.28. The summed E-state index contributed by atoms with van der Waals surface area (Å²) in [7, 11) is -3.68. The minimum absolute atomic E-state index is 0. The fourth-order valence-corrected chi connectivity index (χ4v) is 2.19. The lowest BCUT2D eigenvalue weighted by molar-refractivity contribution is -0.155. The highest BCUT2D eigenvalue weighted by atomic mass is 32.2. The van der Waals surface area contributed by atoms with E-state index in [0.717, 1.165) is 7.11 Å². The van der Waals surface area contributed by atoms with Crippen molar-refractivity contribution in [3.05, 3.63) is 0 Å². The van der Waals surface area contributed by atoms with Crippen molar-refractivity contribution in [2.45, 2.75) is 56.9 Å². The van der Waals surface area contributed by atoms with Crippen LogP contribution in [-0.4, -0.2) is 43.0 Å². The van der Waals surface area contributed by atoms with Crippen molar-refractivity contribution in [3.63, 3.8) is 0 Å². The summed E-state index contributed by atoms with van der Waals surface area (Å²) in [6.07, 6.45) is -0.269. The van der Waals surface area contributed by atoms with Crippen molar-refractivity contribution in [1.29, 1.82) is 0 Å². The molecule has 0 radical (unpaired) electrons. The van der Waals surface area contributed by atoms with E-state index < -0.39 is 45.4 Å². The molecule has 154 valence electrons. The molecule has 2 atom stereocenters. The Bertz CT molecular complexity index is 528. The number of aliphatic carboxylic acids is 1. The molecule has 0 aromatic heterocycles. The zero-order valence-corrected chi connectivity index (χ0v) is 12.9. The van der Waals surface area contributed by atoms with Crippen LogP contribution in [-0.2, 0) is 29.4 Å². The van der Waals surface area contributed by atoms with E-state index in [1.165, 1.54) is 25.5 Å². The van der Waals surface area contributed by atoms with Gasteiger partial charge in [0.1, 0.15) is 0 Å². The molecule has 0 aromatic rings. The topological polar surface area (TPSA) is 147 Å². The molecule has 10 heteroatoms. The van der Waals surface area contributed by atoms with Crippen LogP contribution in [0.15, 0.2) is 0 Å². The summed E-state index contributed by atoms with van der Waals surface area (Å²) in [4.78, 5) is 34.5. The van der Waals surface area contributed by atoms with E-state index in [1.807, 2.05) is 0 Å². The molecule has 0 rings (SSSR count). The Morgan fingerprint density at radius 2 is 1.52 bits per heavy atom. The number of carboxylic acid groups (broad SMARTS) is 1. The van der Waals surface area contributed by atoms with Crippen LogP contribution >= 0.6 is 0 Å². The molecule has 0 saturated heterocycles. The Balaban J connectivity index is -0.000000333. The quantitative estimate of drug-likeness (QED) is 0.444. The summed E-state index contributed by atoms with van der Waals surface area (Å²) in [5.41, 5.74) is -1.21. The van der Waals surface area contributed by atoms with Gasteiger partial charge in [-0.05, 0) is 20.3 Å². The maximum atomic E-state index is 11.8. The maximum Gasteiger partial charge on any atom is 0.359 e. The number of rotatable bonds is 7. The summed E-state index contributed by atoms with van der Waals surface area (Å²) < 4.78 is 35.8. The Morgan fingerprint density at radius 3 is 1.80 bits per heavy atom. The first-order valence-corrected chi connectivity index (χ1v) is 7.36. The van der Waals surface area contributed by atoms with Gasteiger partial charge in [0.25, 0.3) is 0 Å². The third-order valence-corrected chi connectivity index (χ3v) is 3.49. The zero-order valence-electron chi connectivity index (χ0n) is 12.1. The number of carbonyl (C=O) groups excluding carboxylic acids is 2. The molecular weight excluding hydrogens is 354 g/mol. The van der Waals surface area contributed by atoms with Gasteiger partial charge in [-0.25, -0.2) is 4.72 Å². The average molecular weight is 390 g/mol. The average Bonchev–Trinajstić information content (AvgIpc) is 2.31. The smallest absolute Gasteiger partial charge is 0.359 e. The number of methoxy groups -OCH3 is 1. The molecule has 9 nitrogen and oxygen atoms in total. The predicted molar refractivity (Wildman–Crippen MR) is 97.3 cm³/mol. The van der Waals surface area contributed by atoms with Gasteiger partial charge < -0.3 is 9.84 Å². The van der Waals surface area contributed by atoms with Crippen molar-refractivity contribution >= 4 is 28.1 Å². The van der Waals surface area contributed by atoms with Crippen LogP contribution in [0, 0.1) is 17.3 Å². The standard InChI is InChI=1S/C11H19NO8S.4CH4/c1-6(9(14)15)7(8(13)12-21(17,18)19)5-11(2,3)10(16)20-4;;;;/h6-7H,5H2,1-4H3,(H,12,13)(H,14,15)(H,17,18,19);4*1H4. The third kappa shape index (κ3) is 11.5. The van der Waals surface area contributed by atoms with E-state index in [2.05, 4.69) is 4.74 Å². The number of carboxylic acids is 1. The van der Waals surface area contributed by atoms with Gasteiger partial charge in [0.05, 0.1) is 24.4 Å². The van der Waals surface area contributed by atoms with Crippen molar-refractivity contribution in [2.75, 3.05) is 7.11 Å². The van der Waals surface area contributed by atoms with Crippen LogP contribution in [0.2, 0.25) is 0 Å². The summed E-state index contributed by atoms with van der Waals surface area (Å²) in [5.74, 6) is -5.84. The second-order valence-electron chi connectivity index (χ2n) is 5.25. The van der Waals surface area contributed by atoms with Crippen molar-refractivity contribution in [2.24, 2.45) is 17.3 Å². The van der Waals surface area contributed by atoms with E-state index in [1.54, 1.807) is 0 Å². The molecule has 0 bridgehead atoms. The minimum Gasteiger partial charge on any atom is -0.481 e. The Hall–Kier alpha value is -1.68.